The molecular weight excluding hydrogens is 334 g/mol. The van der Waals surface area contributed by atoms with Crippen molar-refractivity contribution in [3.05, 3.63) is 76.6 Å². The number of carbonyl (C=O) groups is 1. The molecule has 0 spiro atoms. The number of benzene rings is 2. The second-order valence-electron chi connectivity index (χ2n) is 6.99. The highest BCUT2D eigenvalue weighted by Gasteiger charge is 2.27. The molecule has 0 atom stereocenters. The molecule has 4 rings (SSSR count). The zero-order chi connectivity index (χ0) is 18.8. The van der Waals surface area contributed by atoms with Gasteiger partial charge in [-0.3, -0.25) is 4.79 Å². The van der Waals surface area contributed by atoms with Crippen molar-refractivity contribution in [3.63, 3.8) is 0 Å². The summed E-state index contributed by atoms with van der Waals surface area (Å²) in [6, 6.07) is 16.3. The molecule has 1 aliphatic carbocycles. The molecule has 0 saturated carbocycles. The average Bonchev–Trinajstić information content (AvgIpc) is 3.31. The molecule has 1 aromatic heterocycles. The molecule has 138 valence electrons. The van der Waals surface area contributed by atoms with Gasteiger partial charge in [0.15, 0.2) is 5.69 Å². The Morgan fingerprint density at radius 1 is 1.00 bits per heavy atom. The number of carbonyl (C=O) groups excluding carboxylic acids is 1. The Hall–Kier alpha value is -2.88. The maximum atomic E-state index is 13.2. The van der Waals surface area contributed by atoms with Crippen LogP contribution in [0.3, 0.4) is 0 Å². The summed E-state index contributed by atoms with van der Waals surface area (Å²) in [6.07, 6.45) is 4.74. The van der Waals surface area contributed by atoms with Crippen LogP contribution < -0.4 is 5.32 Å². The van der Waals surface area contributed by atoms with E-state index in [2.05, 4.69) is 37.4 Å². The number of hydrogen-bond acceptors (Lipinski definition) is 2. The van der Waals surface area contributed by atoms with Crippen molar-refractivity contribution in [2.24, 2.45) is 0 Å². The molecule has 0 saturated heterocycles. The third kappa shape index (κ3) is 3.16. The van der Waals surface area contributed by atoms with Crippen LogP contribution in [0.25, 0.3) is 5.69 Å². The van der Waals surface area contributed by atoms with E-state index in [4.69, 9.17) is 5.10 Å². The van der Waals surface area contributed by atoms with Gasteiger partial charge in [0.1, 0.15) is 0 Å². The van der Waals surface area contributed by atoms with Gasteiger partial charge in [-0.1, -0.05) is 50.2 Å². The summed E-state index contributed by atoms with van der Waals surface area (Å²) >= 11 is 0. The maximum absolute atomic E-state index is 13.2. The first-order chi connectivity index (χ1) is 13.2. The Balaban J connectivity index is 1.72. The first-order valence-corrected chi connectivity index (χ1v) is 9.81. The Labute approximate surface area is 160 Å². The van der Waals surface area contributed by atoms with Gasteiger partial charge in [-0.2, -0.15) is 5.10 Å². The largest absolute Gasteiger partial charge is 0.320 e. The highest BCUT2D eigenvalue weighted by Crippen LogP contribution is 2.29. The van der Waals surface area contributed by atoms with Crippen molar-refractivity contribution in [2.75, 3.05) is 5.32 Å². The Kier molecular flexibility index (Phi) is 4.80. The first kappa shape index (κ1) is 17.5. The Bertz CT molecular complexity index is 951. The Morgan fingerprint density at radius 2 is 1.70 bits per heavy atom. The summed E-state index contributed by atoms with van der Waals surface area (Å²) < 4.78 is 1.95. The van der Waals surface area contributed by atoms with Crippen LogP contribution in [0, 0.1) is 0 Å². The predicted octanol–water partition coefficient (Wildman–Crippen LogP) is 4.74. The van der Waals surface area contributed by atoms with Crippen molar-refractivity contribution in [1.82, 2.24) is 9.78 Å². The fraction of sp³-hybridized carbons (Fsp3) is 0.304. The molecule has 2 aromatic carbocycles. The minimum absolute atomic E-state index is 0.0987. The van der Waals surface area contributed by atoms with E-state index < -0.39 is 0 Å². The summed E-state index contributed by atoms with van der Waals surface area (Å²) in [6.45, 7) is 4.23. The molecule has 4 nitrogen and oxygen atoms in total. The highest BCUT2D eigenvalue weighted by molar-refractivity contribution is 6.05. The molecule has 0 unspecified atom stereocenters. The maximum Gasteiger partial charge on any atom is 0.276 e. The van der Waals surface area contributed by atoms with Crippen LogP contribution in [-0.2, 0) is 25.7 Å². The topological polar surface area (TPSA) is 46.9 Å². The molecule has 0 bridgehead atoms. The molecule has 1 amide bonds. The molecule has 1 heterocycles. The van der Waals surface area contributed by atoms with E-state index in [1.807, 2.05) is 35.0 Å². The number of para-hydroxylation sites is 2. The molecule has 3 aromatic rings. The minimum Gasteiger partial charge on any atom is -0.320 e. The number of hydrogen-bond donors (Lipinski definition) is 1. The van der Waals surface area contributed by atoms with Gasteiger partial charge < -0.3 is 5.32 Å². The monoisotopic (exact) mass is 359 g/mol. The SMILES string of the molecule is CCc1cccc(CC)c1NC(=O)c1nn(-c2ccccc2)c2c1CCC2. The quantitative estimate of drug-likeness (QED) is 0.715. The summed E-state index contributed by atoms with van der Waals surface area (Å²) in [5.74, 6) is -0.0987. The molecular formula is C23H25N3O. The van der Waals surface area contributed by atoms with E-state index >= 15 is 0 Å². The number of aryl methyl sites for hydroxylation is 2. The standard InChI is InChI=1S/C23H25N3O/c1-3-16-10-8-11-17(4-2)21(16)24-23(27)22-19-14-9-15-20(19)26(25-22)18-12-6-5-7-13-18/h5-8,10-13H,3-4,9,14-15H2,1-2H3,(H,24,27). The van der Waals surface area contributed by atoms with E-state index in [9.17, 15) is 4.79 Å². The van der Waals surface area contributed by atoms with Crippen LogP contribution in [0.15, 0.2) is 48.5 Å². The van der Waals surface area contributed by atoms with E-state index in [0.717, 1.165) is 49.0 Å². The Morgan fingerprint density at radius 3 is 2.37 bits per heavy atom. The number of amides is 1. The van der Waals surface area contributed by atoms with E-state index in [1.165, 1.54) is 16.8 Å². The molecule has 27 heavy (non-hydrogen) atoms. The normalized spacial score (nSPS) is 12.8. The number of anilines is 1. The van der Waals surface area contributed by atoms with E-state index in [1.54, 1.807) is 0 Å². The van der Waals surface area contributed by atoms with Gasteiger partial charge in [0.25, 0.3) is 5.91 Å². The predicted molar refractivity (Wildman–Crippen MR) is 109 cm³/mol. The average molecular weight is 359 g/mol. The summed E-state index contributed by atoms with van der Waals surface area (Å²) in [5, 5.41) is 7.89. The summed E-state index contributed by atoms with van der Waals surface area (Å²) in [7, 11) is 0. The van der Waals surface area contributed by atoms with Gasteiger partial charge in [-0.15, -0.1) is 0 Å². The fourth-order valence-corrected chi connectivity index (χ4v) is 3.98. The second-order valence-corrected chi connectivity index (χ2v) is 6.99. The fourth-order valence-electron chi connectivity index (χ4n) is 3.98. The van der Waals surface area contributed by atoms with Crippen LogP contribution in [0.5, 0.6) is 0 Å². The van der Waals surface area contributed by atoms with Gasteiger partial charge >= 0.3 is 0 Å². The third-order valence-corrected chi connectivity index (χ3v) is 5.38. The van der Waals surface area contributed by atoms with Crippen molar-refractivity contribution < 1.29 is 4.79 Å². The molecule has 0 radical (unpaired) electrons. The molecule has 4 heteroatoms. The lowest BCUT2D eigenvalue weighted by molar-refractivity contribution is 0.102. The van der Waals surface area contributed by atoms with Crippen LogP contribution in [-0.4, -0.2) is 15.7 Å². The third-order valence-electron chi connectivity index (χ3n) is 5.38. The van der Waals surface area contributed by atoms with Crippen LogP contribution in [0.4, 0.5) is 5.69 Å². The minimum atomic E-state index is -0.0987. The summed E-state index contributed by atoms with van der Waals surface area (Å²) in [5.41, 5.74) is 7.14. The van der Waals surface area contributed by atoms with Crippen molar-refractivity contribution >= 4 is 11.6 Å². The van der Waals surface area contributed by atoms with Gasteiger partial charge in [-0.25, -0.2) is 4.68 Å². The smallest absolute Gasteiger partial charge is 0.276 e. The van der Waals surface area contributed by atoms with Gasteiger partial charge in [-0.05, 0) is 55.4 Å². The van der Waals surface area contributed by atoms with Crippen LogP contribution in [0.2, 0.25) is 0 Å². The van der Waals surface area contributed by atoms with Crippen molar-refractivity contribution in [3.8, 4) is 5.69 Å². The van der Waals surface area contributed by atoms with E-state index in [-0.39, 0.29) is 5.91 Å². The molecule has 0 fully saturated rings. The van der Waals surface area contributed by atoms with Gasteiger partial charge in [0.05, 0.1) is 5.69 Å². The lowest BCUT2D eigenvalue weighted by Crippen LogP contribution is -2.17. The highest BCUT2D eigenvalue weighted by atomic mass is 16.2. The number of rotatable bonds is 5. The number of fused-ring (bicyclic) bond motifs is 1. The molecule has 0 aliphatic heterocycles. The summed E-state index contributed by atoms with van der Waals surface area (Å²) in [4.78, 5) is 13.2. The molecule has 1 aliphatic rings. The lowest BCUT2D eigenvalue weighted by atomic mass is 10.0. The zero-order valence-corrected chi connectivity index (χ0v) is 16.0. The van der Waals surface area contributed by atoms with Crippen LogP contribution >= 0.6 is 0 Å². The van der Waals surface area contributed by atoms with Crippen LogP contribution in [0.1, 0.15) is 53.1 Å². The zero-order valence-electron chi connectivity index (χ0n) is 16.0. The number of nitrogens with one attached hydrogen (secondary N) is 1. The number of nitrogens with zero attached hydrogens (tertiary/aromatic N) is 2. The van der Waals surface area contributed by atoms with Crippen molar-refractivity contribution in [1.29, 1.82) is 0 Å². The molecule has 1 N–H and O–H groups in total. The van der Waals surface area contributed by atoms with Gasteiger partial charge in [0, 0.05) is 16.9 Å². The van der Waals surface area contributed by atoms with Gasteiger partial charge in [0.2, 0.25) is 0 Å². The lowest BCUT2D eigenvalue weighted by Gasteiger charge is -2.14. The number of aromatic nitrogens is 2. The van der Waals surface area contributed by atoms with E-state index in [0.29, 0.717) is 5.69 Å². The first-order valence-electron chi connectivity index (χ1n) is 9.81. The second kappa shape index (κ2) is 7.39. The van der Waals surface area contributed by atoms with Crippen molar-refractivity contribution in [2.45, 2.75) is 46.0 Å².